The average molecular weight is 606 g/mol. The van der Waals surface area contributed by atoms with Crippen molar-refractivity contribution < 1.29 is 4.42 Å². The van der Waals surface area contributed by atoms with Gasteiger partial charge in [-0.2, -0.15) is 0 Å². The number of benzene rings is 7. The van der Waals surface area contributed by atoms with Crippen molar-refractivity contribution in [3.63, 3.8) is 0 Å². The van der Waals surface area contributed by atoms with Gasteiger partial charge in [-0.3, -0.25) is 0 Å². The minimum absolute atomic E-state index is 0.432. The fourth-order valence-corrected chi connectivity index (χ4v) is 9.09. The second-order valence-corrected chi connectivity index (χ2v) is 13.2. The lowest BCUT2D eigenvalue weighted by Crippen LogP contribution is -2.32. The molecule has 1 aliphatic carbocycles. The summed E-state index contributed by atoms with van der Waals surface area (Å²) in [5, 5.41) is 6.06. The molecule has 3 heteroatoms. The average Bonchev–Trinajstić information content (AvgIpc) is 3.63. The smallest absolute Gasteiger partial charge is 0.136 e. The maximum atomic E-state index is 6.29. The summed E-state index contributed by atoms with van der Waals surface area (Å²) in [7, 11) is 0. The molecule has 0 radical (unpaired) electrons. The molecule has 1 aliphatic heterocycles. The van der Waals surface area contributed by atoms with E-state index in [4.69, 9.17) is 4.42 Å². The number of hydrogen-bond donors (Lipinski definition) is 1. The van der Waals surface area contributed by atoms with E-state index in [2.05, 4.69) is 151 Å². The van der Waals surface area contributed by atoms with Gasteiger partial charge in [-0.15, -0.1) is 0 Å². The minimum Gasteiger partial charge on any atom is -0.456 e. The van der Waals surface area contributed by atoms with Crippen LogP contribution in [0.4, 0.5) is 11.4 Å². The van der Waals surface area contributed by atoms with Crippen LogP contribution in [0.15, 0.2) is 172 Å². The molecule has 2 heterocycles. The highest BCUT2D eigenvalue weighted by atomic mass is 32.2. The first-order chi connectivity index (χ1) is 22.8. The molecule has 0 unspecified atom stereocenters. The van der Waals surface area contributed by atoms with E-state index in [9.17, 15) is 0 Å². The largest absolute Gasteiger partial charge is 0.456 e. The molecule has 1 spiro atoms. The Labute approximate surface area is 271 Å². The summed E-state index contributed by atoms with van der Waals surface area (Å²) in [5.41, 5.74) is 13.9. The van der Waals surface area contributed by atoms with E-state index >= 15 is 0 Å². The Hall–Kier alpha value is -5.51. The first-order valence-electron chi connectivity index (χ1n) is 15.7. The molecule has 1 aromatic heterocycles. The number of fused-ring (bicyclic) bond motifs is 12. The van der Waals surface area contributed by atoms with Crippen LogP contribution in [0.2, 0.25) is 0 Å². The van der Waals surface area contributed by atoms with Crippen LogP contribution in [0.5, 0.6) is 0 Å². The zero-order chi connectivity index (χ0) is 30.2. The molecular weight excluding hydrogens is 579 g/mol. The quantitative estimate of drug-likeness (QED) is 0.217. The summed E-state index contributed by atoms with van der Waals surface area (Å²) in [6, 6.07) is 57.1. The third kappa shape index (κ3) is 3.55. The number of rotatable bonds is 3. The number of anilines is 2. The Morgan fingerprint density at radius 2 is 1.13 bits per heavy atom. The van der Waals surface area contributed by atoms with E-state index in [1.165, 1.54) is 48.7 Å². The van der Waals surface area contributed by atoms with Crippen molar-refractivity contribution in [3.8, 4) is 22.3 Å². The van der Waals surface area contributed by atoms with E-state index < -0.39 is 5.41 Å². The van der Waals surface area contributed by atoms with Crippen molar-refractivity contribution in [2.45, 2.75) is 15.2 Å². The lowest BCUT2D eigenvalue weighted by Gasteiger charge is -2.40. The fraction of sp³-hybridized carbons (Fsp3) is 0.0233. The Kier molecular flexibility index (Phi) is 5.46. The molecular formula is C43H27NOS. The maximum Gasteiger partial charge on any atom is 0.136 e. The third-order valence-corrected chi connectivity index (χ3v) is 10.9. The zero-order valence-electron chi connectivity index (χ0n) is 24.8. The second-order valence-electron chi connectivity index (χ2n) is 12.1. The number of para-hydroxylation sites is 2. The fourth-order valence-electron chi connectivity index (χ4n) is 7.79. The summed E-state index contributed by atoms with van der Waals surface area (Å²) in [5.74, 6) is 0. The Balaban J connectivity index is 1.22. The molecule has 0 bridgehead atoms. The van der Waals surface area contributed by atoms with E-state index in [-0.39, 0.29) is 0 Å². The number of hydrogen-bond acceptors (Lipinski definition) is 3. The van der Waals surface area contributed by atoms with Gasteiger partial charge in [-0.05, 0) is 87.0 Å². The van der Waals surface area contributed by atoms with Gasteiger partial charge in [0.2, 0.25) is 0 Å². The van der Waals surface area contributed by atoms with Crippen molar-refractivity contribution in [2.75, 3.05) is 5.32 Å². The molecule has 2 nitrogen and oxygen atoms in total. The highest BCUT2D eigenvalue weighted by Gasteiger charge is 2.50. The molecule has 216 valence electrons. The molecule has 8 aromatic rings. The van der Waals surface area contributed by atoms with Crippen LogP contribution in [0.25, 0.3) is 44.2 Å². The molecule has 0 fully saturated rings. The lowest BCUT2D eigenvalue weighted by atomic mass is 9.67. The maximum absolute atomic E-state index is 6.29. The SMILES string of the molecule is c1ccc(Nc2cccc3c2Sc2cc(-c4ccc5c(c4)oc4ccccc45)ccc2C32c3ccccc3-c3ccccc32)cc1. The van der Waals surface area contributed by atoms with Crippen LogP contribution >= 0.6 is 11.8 Å². The van der Waals surface area contributed by atoms with Crippen LogP contribution in [-0.4, -0.2) is 0 Å². The standard InChI is InChI=1S/C43H27NOS/c1-2-11-29(12-3-1)44-38-19-10-18-37-42(38)46-41-26-28(27-21-23-33-32-15-6-9-20-39(32)45-40(33)25-27)22-24-36(41)43(37)34-16-7-4-13-30(34)31-14-5-8-17-35(31)43/h1-26,44H. The Morgan fingerprint density at radius 1 is 0.478 bits per heavy atom. The van der Waals surface area contributed by atoms with Crippen LogP contribution in [-0.2, 0) is 5.41 Å². The molecule has 7 aromatic carbocycles. The molecule has 10 rings (SSSR count). The van der Waals surface area contributed by atoms with E-state index in [0.29, 0.717) is 0 Å². The van der Waals surface area contributed by atoms with Gasteiger partial charge in [0.05, 0.1) is 11.1 Å². The second kappa shape index (κ2) is 9.74. The Bertz CT molecular complexity index is 2450. The zero-order valence-corrected chi connectivity index (χ0v) is 25.6. The van der Waals surface area contributed by atoms with Crippen LogP contribution < -0.4 is 5.32 Å². The lowest BCUT2D eigenvalue weighted by molar-refractivity contribution is 0.669. The van der Waals surface area contributed by atoms with Gasteiger partial charge in [0.1, 0.15) is 11.2 Å². The van der Waals surface area contributed by atoms with Crippen LogP contribution in [0.3, 0.4) is 0 Å². The van der Waals surface area contributed by atoms with Crippen molar-refractivity contribution in [1.29, 1.82) is 0 Å². The summed E-state index contributed by atoms with van der Waals surface area (Å²) < 4.78 is 6.29. The predicted molar refractivity (Wildman–Crippen MR) is 190 cm³/mol. The van der Waals surface area contributed by atoms with Crippen molar-refractivity contribution in [1.82, 2.24) is 0 Å². The normalized spacial score (nSPS) is 13.7. The van der Waals surface area contributed by atoms with Gasteiger partial charge >= 0.3 is 0 Å². The van der Waals surface area contributed by atoms with E-state index in [1.807, 2.05) is 23.9 Å². The first kappa shape index (κ1) is 25.8. The van der Waals surface area contributed by atoms with Crippen molar-refractivity contribution in [2.24, 2.45) is 0 Å². The summed E-state index contributed by atoms with van der Waals surface area (Å²) in [6.07, 6.45) is 0. The van der Waals surface area contributed by atoms with Gasteiger partial charge in [0, 0.05) is 26.3 Å². The summed E-state index contributed by atoms with van der Waals surface area (Å²) in [4.78, 5) is 2.53. The van der Waals surface area contributed by atoms with E-state index in [1.54, 1.807) is 0 Å². The summed E-state index contributed by atoms with van der Waals surface area (Å²) >= 11 is 1.87. The van der Waals surface area contributed by atoms with Crippen LogP contribution in [0.1, 0.15) is 22.3 Å². The highest BCUT2D eigenvalue weighted by molar-refractivity contribution is 7.99. The monoisotopic (exact) mass is 605 g/mol. The molecule has 46 heavy (non-hydrogen) atoms. The van der Waals surface area contributed by atoms with Gasteiger partial charge in [-0.25, -0.2) is 0 Å². The van der Waals surface area contributed by atoms with Gasteiger partial charge in [0.15, 0.2) is 0 Å². The van der Waals surface area contributed by atoms with E-state index in [0.717, 1.165) is 38.9 Å². The Morgan fingerprint density at radius 3 is 1.96 bits per heavy atom. The molecule has 0 saturated heterocycles. The molecule has 1 N–H and O–H groups in total. The first-order valence-corrected chi connectivity index (χ1v) is 16.5. The minimum atomic E-state index is -0.432. The number of nitrogens with one attached hydrogen (secondary N) is 1. The van der Waals surface area contributed by atoms with Crippen molar-refractivity contribution in [3.05, 3.63) is 180 Å². The summed E-state index contributed by atoms with van der Waals surface area (Å²) in [6.45, 7) is 0. The molecule has 2 aliphatic rings. The third-order valence-electron chi connectivity index (χ3n) is 9.73. The molecule has 0 saturated carbocycles. The predicted octanol–water partition coefficient (Wildman–Crippen LogP) is 11.8. The van der Waals surface area contributed by atoms with Gasteiger partial charge in [-0.1, -0.05) is 127 Å². The topological polar surface area (TPSA) is 25.2 Å². The van der Waals surface area contributed by atoms with Crippen LogP contribution in [0, 0.1) is 0 Å². The highest BCUT2D eigenvalue weighted by Crippen LogP contribution is 2.63. The molecule has 0 atom stereocenters. The number of furan rings is 1. The molecule has 0 amide bonds. The van der Waals surface area contributed by atoms with Crippen molar-refractivity contribution >= 4 is 45.1 Å². The van der Waals surface area contributed by atoms with Gasteiger partial charge < -0.3 is 9.73 Å². The van der Waals surface area contributed by atoms with Gasteiger partial charge in [0.25, 0.3) is 0 Å².